The Morgan fingerprint density at radius 1 is 0.625 bits per heavy atom. The van der Waals surface area contributed by atoms with Gasteiger partial charge >= 0.3 is 0 Å². The van der Waals surface area contributed by atoms with Crippen molar-refractivity contribution in [3.8, 4) is 0 Å². The highest BCUT2D eigenvalue weighted by atomic mass is 16.1. The summed E-state index contributed by atoms with van der Waals surface area (Å²) < 4.78 is 0. The van der Waals surface area contributed by atoms with Crippen LogP contribution in [-0.2, 0) is 0 Å². The van der Waals surface area contributed by atoms with Crippen molar-refractivity contribution in [1.29, 1.82) is 0 Å². The lowest BCUT2D eigenvalue weighted by molar-refractivity contribution is 1.27. The molecule has 0 saturated heterocycles. The molecular formula is C21H16N2O. The molecule has 0 fully saturated rings. The lowest BCUT2D eigenvalue weighted by Crippen LogP contribution is -2.10. The van der Waals surface area contributed by atoms with E-state index < -0.39 is 0 Å². The van der Waals surface area contributed by atoms with Crippen molar-refractivity contribution in [2.45, 2.75) is 0 Å². The summed E-state index contributed by atoms with van der Waals surface area (Å²) in [6.07, 6.45) is 0. The number of nitrogens with zero attached hydrogens (tertiary/aromatic N) is 1. The number of rotatable bonds is 3. The van der Waals surface area contributed by atoms with Gasteiger partial charge in [-0.15, -0.1) is 0 Å². The minimum absolute atomic E-state index is 0.0850. The molecule has 0 saturated carbocycles. The van der Waals surface area contributed by atoms with Gasteiger partial charge in [0.1, 0.15) is 0 Å². The van der Waals surface area contributed by atoms with Gasteiger partial charge in [0.15, 0.2) is 0 Å². The van der Waals surface area contributed by atoms with Crippen molar-refractivity contribution < 1.29 is 0 Å². The average Bonchev–Trinajstić information content (AvgIpc) is 2.64. The Hall–Kier alpha value is -3.33. The molecule has 0 aliphatic heterocycles. The minimum Gasteiger partial charge on any atom is -0.322 e. The van der Waals surface area contributed by atoms with Crippen LogP contribution in [-0.4, -0.2) is 4.98 Å². The average molecular weight is 312 g/mol. The quantitative estimate of drug-likeness (QED) is 0.578. The Kier molecular flexibility index (Phi) is 3.60. The van der Waals surface area contributed by atoms with Crippen LogP contribution in [0.3, 0.4) is 0 Å². The van der Waals surface area contributed by atoms with Gasteiger partial charge in [0.05, 0.1) is 0 Å². The SMILES string of the molecule is O=c1ccc2cc(N(c3ccccc3)c3ccccc3)ccc2[nH]1. The van der Waals surface area contributed by atoms with Crippen LogP contribution in [0.4, 0.5) is 17.1 Å². The van der Waals surface area contributed by atoms with Gasteiger partial charge in [0, 0.05) is 34.0 Å². The molecule has 4 rings (SSSR count). The number of nitrogens with one attached hydrogen (secondary N) is 1. The van der Waals surface area contributed by atoms with E-state index in [9.17, 15) is 4.79 Å². The van der Waals surface area contributed by atoms with E-state index in [1.807, 2.05) is 54.6 Å². The topological polar surface area (TPSA) is 36.1 Å². The number of hydrogen-bond donors (Lipinski definition) is 1. The lowest BCUT2D eigenvalue weighted by atomic mass is 10.1. The summed E-state index contributed by atoms with van der Waals surface area (Å²) in [7, 11) is 0. The summed E-state index contributed by atoms with van der Waals surface area (Å²) in [4.78, 5) is 16.5. The summed E-state index contributed by atoms with van der Waals surface area (Å²) >= 11 is 0. The fourth-order valence-corrected chi connectivity index (χ4v) is 2.88. The molecule has 0 aliphatic rings. The number of para-hydroxylation sites is 2. The maximum Gasteiger partial charge on any atom is 0.248 e. The molecule has 24 heavy (non-hydrogen) atoms. The standard InChI is InChI=1S/C21H16N2O/c24-21-14-11-16-15-19(12-13-20(16)22-21)23(17-7-3-1-4-8-17)18-9-5-2-6-10-18/h1-15H,(H,22,24). The molecule has 1 aromatic heterocycles. The Morgan fingerprint density at radius 3 is 1.88 bits per heavy atom. The maximum atomic E-state index is 11.5. The van der Waals surface area contributed by atoms with E-state index in [4.69, 9.17) is 0 Å². The highest BCUT2D eigenvalue weighted by molar-refractivity contribution is 5.86. The number of aromatic nitrogens is 1. The lowest BCUT2D eigenvalue weighted by Gasteiger charge is -2.25. The zero-order valence-electron chi connectivity index (χ0n) is 13.0. The van der Waals surface area contributed by atoms with Crippen LogP contribution in [0.5, 0.6) is 0 Å². The van der Waals surface area contributed by atoms with Crippen molar-refractivity contribution in [3.63, 3.8) is 0 Å². The van der Waals surface area contributed by atoms with Gasteiger partial charge in [-0.05, 0) is 48.5 Å². The van der Waals surface area contributed by atoms with Crippen LogP contribution in [0.1, 0.15) is 0 Å². The van der Waals surface area contributed by atoms with E-state index in [0.717, 1.165) is 28.0 Å². The second-order valence-electron chi connectivity index (χ2n) is 5.60. The van der Waals surface area contributed by atoms with Crippen molar-refractivity contribution in [1.82, 2.24) is 4.98 Å². The first kappa shape index (κ1) is 14.3. The predicted octanol–water partition coefficient (Wildman–Crippen LogP) is 5.00. The largest absolute Gasteiger partial charge is 0.322 e. The van der Waals surface area contributed by atoms with Gasteiger partial charge in [0.25, 0.3) is 0 Å². The number of benzene rings is 3. The van der Waals surface area contributed by atoms with Gasteiger partial charge in [-0.1, -0.05) is 36.4 Å². The van der Waals surface area contributed by atoms with Crippen molar-refractivity contribution in [2.75, 3.05) is 4.90 Å². The first-order chi connectivity index (χ1) is 11.8. The summed E-state index contributed by atoms with van der Waals surface area (Å²) in [6, 6.07) is 30.0. The highest BCUT2D eigenvalue weighted by Gasteiger charge is 2.12. The second-order valence-corrected chi connectivity index (χ2v) is 5.60. The molecule has 0 radical (unpaired) electrons. The minimum atomic E-state index is -0.0850. The third kappa shape index (κ3) is 2.68. The predicted molar refractivity (Wildman–Crippen MR) is 99.3 cm³/mol. The van der Waals surface area contributed by atoms with E-state index in [2.05, 4.69) is 40.2 Å². The molecule has 3 aromatic carbocycles. The zero-order chi connectivity index (χ0) is 16.4. The van der Waals surface area contributed by atoms with Gasteiger partial charge in [-0.3, -0.25) is 4.79 Å². The summed E-state index contributed by atoms with van der Waals surface area (Å²) in [5, 5.41) is 1.00. The number of aromatic amines is 1. The molecule has 4 aromatic rings. The fourth-order valence-electron chi connectivity index (χ4n) is 2.88. The van der Waals surface area contributed by atoms with E-state index in [-0.39, 0.29) is 5.56 Å². The summed E-state index contributed by atoms with van der Waals surface area (Å²) in [5.74, 6) is 0. The van der Waals surface area contributed by atoms with Gasteiger partial charge < -0.3 is 9.88 Å². The first-order valence-corrected chi connectivity index (χ1v) is 7.85. The van der Waals surface area contributed by atoms with Crippen LogP contribution in [0.15, 0.2) is 95.8 Å². The number of H-pyrrole nitrogens is 1. The van der Waals surface area contributed by atoms with Crippen LogP contribution in [0, 0.1) is 0 Å². The van der Waals surface area contributed by atoms with Gasteiger partial charge in [-0.25, -0.2) is 0 Å². The third-order valence-corrected chi connectivity index (χ3v) is 3.99. The molecule has 3 nitrogen and oxygen atoms in total. The van der Waals surface area contributed by atoms with Gasteiger partial charge in [-0.2, -0.15) is 0 Å². The van der Waals surface area contributed by atoms with E-state index in [1.165, 1.54) is 0 Å². The van der Waals surface area contributed by atoms with Crippen LogP contribution < -0.4 is 10.5 Å². The molecule has 1 N–H and O–H groups in total. The maximum absolute atomic E-state index is 11.5. The fraction of sp³-hybridized carbons (Fsp3) is 0. The smallest absolute Gasteiger partial charge is 0.248 e. The Bertz CT molecular complexity index is 984. The highest BCUT2D eigenvalue weighted by Crippen LogP contribution is 2.35. The Balaban J connectivity index is 1.90. The third-order valence-electron chi connectivity index (χ3n) is 3.99. The van der Waals surface area contributed by atoms with Crippen LogP contribution in [0.2, 0.25) is 0 Å². The number of fused-ring (bicyclic) bond motifs is 1. The van der Waals surface area contributed by atoms with Crippen molar-refractivity contribution in [2.24, 2.45) is 0 Å². The van der Waals surface area contributed by atoms with Gasteiger partial charge in [0.2, 0.25) is 5.56 Å². The summed E-state index contributed by atoms with van der Waals surface area (Å²) in [6.45, 7) is 0. The molecule has 0 unspecified atom stereocenters. The normalized spacial score (nSPS) is 10.7. The van der Waals surface area contributed by atoms with Crippen LogP contribution >= 0.6 is 0 Å². The molecule has 0 amide bonds. The zero-order valence-corrected chi connectivity index (χ0v) is 13.0. The molecule has 116 valence electrons. The molecule has 0 spiro atoms. The number of pyridine rings is 1. The first-order valence-electron chi connectivity index (χ1n) is 7.85. The van der Waals surface area contributed by atoms with E-state index in [1.54, 1.807) is 6.07 Å². The Morgan fingerprint density at radius 2 is 1.25 bits per heavy atom. The molecular weight excluding hydrogens is 296 g/mol. The van der Waals surface area contributed by atoms with Crippen molar-refractivity contribution in [3.05, 3.63) is 101 Å². The molecule has 3 heteroatoms. The number of anilines is 3. The second kappa shape index (κ2) is 6.05. The number of hydrogen-bond acceptors (Lipinski definition) is 2. The van der Waals surface area contributed by atoms with Crippen molar-refractivity contribution >= 4 is 28.0 Å². The monoisotopic (exact) mass is 312 g/mol. The van der Waals surface area contributed by atoms with Crippen LogP contribution in [0.25, 0.3) is 10.9 Å². The summed E-state index contributed by atoms with van der Waals surface area (Å²) in [5.41, 5.74) is 3.98. The van der Waals surface area contributed by atoms with E-state index in [0.29, 0.717) is 0 Å². The molecule has 0 atom stereocenters. The molecule has 1 heterocycles. The molecule has 0 aliphatic carbocycles. The Labute approximate surface area is 139 Å². The van der Waals surface area contributed by atoms with E-state index >= 15 is 0 Å². The molecule has 0 bridgehead atoms.